The summed E-state index contributed by atoms with van der Waals surface area (Å²) in [5.41, 5.74) is 16.5. The van der Waals surface area contributed by atoms with Crippen LogP contribution < -0.4 is 31.1 Å². The summed E-state index contributed by atoms with van der Waals surface area (Å²) >= 11 is 0. The summed E-state index contributed by atoms with van der Waals surface area (Å²) in [6.45, 7) is 13.8. The molecule has 0 spiro atoms. The highest BCUT2D eigenvalue weighted by Gasteiger charge is 2.46. The Hall–Kier alpha value is -6.60. The Bertz CT molecular complexity index is 3180. The van der Waals surface area contributed by atoms with Gasteiger partial charge in [0, 0.05) is 62.7 Å². The number of hydrogen-bond acceptors (Lipinski definition) is 6. The van der Waals surface area contributed by atoms with Crippen molar-refractivity contribution >= 4 is 123 Å². The van der Waals surface area contributed by atoms with Gasteiger partial charge in [0.15, 0.2) is 0 Å². The van der Waals surface area contributed by atoms with Crippen LogP contribution in [0.25, 0.3) is 65.8 Å². The zero-order valence-corrected chi connectivity index (χ0v) is 33.5. The SMILES string of the molecule is CC(C)N(c1cc2c3c(c1)N(C(C)C)c1c(ccc4oc5ccccc5c14)B3c1ccc3oc4ccccc4c3c1N2C(C)C)c1cccc2oc3ccccc3c12. The molecule has 0 atom stereocenters. The van der Waals surface area contributed by atoms with Gasteiger partial charge in [-0.05, 0) is 113 Å². The first-order chi connectivity index (χ1) is 28.3. The average molecular weight is 756 g/mol. The maximum absolute atomic E-state index is 6.61. The zero-order chi connectivity index (χ0) is 39.1. The third-order valence-corrected chi connectivity index (χ3v) is 12.6. The van der Waals surface area contributed by atoms with Crippen LogP contribution in [0.4, 0.5) is 34.1 Å². The van der Waals surface area contributed by atoms with Crippen molar-refractivity contribution in [3.63, 3.8) is 0 Å². The van der Waals surface area contributed by atoms with E-state index < -0.39 is 0 Å². The lowest BCUT2D eigenvalue weighted by molar-refractivity contribution is 0.668. The van der Waals surface area contributed by atoms with Crippen molar-refractivity contribution in [2.45, 2.75) is 59.7 Å². The minimum Gasteiger partial charge on any atom is -0.456 e. The molecule has 7 heteroatoms. The Morgan fingerprint density at radius 3 is 1.36 bits per heavy atom. The van der Waals surface area contributed by atoms with E-state index >= 15 is 0 Å². The molecule has 282 valence electrons. The molecular formula is C51H42BN3O3. The third kappa shape index (κ3) is 4.39. The molecular weight excluding hydrogens is 713 g/mol. The van der Waals surface area contributed by atoms with E-state index in [0.29, 0.717) is 0 Å². The fourth-order valence-corrected chi connectivity index (χ4v) is 10.5. The van der Waals surface area contributed by atoms with Gasteiger partial charge in [0.1, 0.15) is 33.5 Å². The molecule has 0 fully saturated rings. The predicted molar refractivity (Wildman–Crippen MR) is 244 cm³/mol. The number of para-hydroxylation sites is 3. The lowest BCUT2D eigenvalue weighted by Gasteiger charge is -2.47. The predicted octanol–water partition coefficient (Wildman–Crippen LogP) is 12.2. The van der Waals surface area contributed by atoms with Crippen LogP contribution in [0.5, 0.6) is 0 Å². The van der Waals surface area contributed by atoms with Crippen LogP contribution in [0, 0.1) is 0 Å². The molecule has 2 aliphatic heterocycles. The highest BCUT2D eigenvalue weighted by Crippen LogP contribution is 2.50. The van der Waals surface area contributed by atoms with Crippen molar-refractivity contribution in [2.75, 3.05) is 14.7 Å². The van der Waals surface area contributed by atoms with Crippen LogP contribution in [0.1, 0.15) is 41.5 Å². The molecule has 5 heterocycles. The topological polar surface area (TPSA) is 49.1 Å². The minimum atomic E-state index is -0.0288. The Kier molecular flexibility index (Phi) is 6.92. The molecule has 6 nitrogen and oxygen atoms in total. The Morgan fingerprint density at radius 1 is 0.466 bits per heavy atom. The molecule has 58 heavy (non-hydrogen) atoms. The largest absolute Gasteiger partial charge is 0.456 e. The molecule has 0 unspecified atom stereocenters. The number of furan rings is 3. The molecule has 0 aliphatic carbocycles. The quantitative estimate of drug-likeness (QED) is 0.163. The van der Waals surface area contributed by atoms with Crippen LogP contribution >= 0.6 is 0 Å². The smallest absolute Gasteiger partial charge is 0.252 e. The average Bonchev–Trinajstić information content (AvgIpc) is 3.92. The molecule has 0 N–H and O–H groups in total. The fraction of sp³-hybridized carbons (Fsp3) is 0.176. The van der Waals surface area contributed by atoms with Gasteiger partial charge >= 0.3 is 0 Å². The Morgan fingerprint density at radius 2 is 0.897 bits per heavy atom. The molecule has 0 amide bonds. The van der Waals surface area contributed by atoms with Crippen molar-refractivity contribution in [3.8, 4) is 0 Å². The summed E-state index contributed by atoms with van der Waals surface area (Å²) < 4.78 is 19.7. The summed E-state index contributed by atoms with van der Waals surface area (Å²) in [4.78, 5) is 7.71. The minimum absolute atomic E-state index is 0.0288. The van der Waals surface area contributed by atoms with E-state index in [1.54, 1.807) is 0 Å². The van der Waals surface area contributed by atoms with Crippen LogP contribution in [-0.4, -0.2) is 24.8 Å². The summed E-state index contributed by atoms with van der Waals surface area (Å²) in [6, 6.07) is 46.3. The maximum atomic E-state index is 6.61. The van der Waals surface area contributed by atoms with Gasteiger partial charge in [0.25, 0.3) is 6.71 Å². The molecule has 0 bridgehead atoms. The maximum Gasteiger partial charge on any atom is 0.252 e. The standard InChI is InChI=1S/C51H42BN3O3/c1-28(2)53(37-17-13-21-43-46(37)32-14-7-10-18-40(32)56-43)31-26-38-49-39(27-31)55(30(5)6)51-36(23-25-45-48(51)34-16-9-12-20-42(34)58-45)52(49)35-22-24-44-47(50(35)54(38)29(3)4)33-15-8-11-19-41(33)57-44/h7-30H,1-6H3. The second-order valence-electron chi connectivity index (χ2n) is 16.9. The number of hydrogen-bond donors (Lipinski definition) is 0. The highest BCUT2D eigenvalue weighted by atomic mass is 16.3. The van der Waals surface area contributed by atoms with Crippen molar-refractivity contribution in [1.29, 1.82) is 0 Å². The zero-order valence-electron chi connectivity index (χ0n) is 33.5. The van der Waals surface area contributed by atoms with Gasteiger partial charge in [0.2, 0.25) is 0 Å². The van der Waals surface area contributed by atoms with Crippen molar-refractivity contribution in [1.82, 2.24) is 0 Å². The van der Waals surface area contributed by atoms with Gasteiger partial charge in [-0.25, -0.2) is 0 Å². The highest BCUT2D eigenvalue weighted by molar-refractivity contribution is 7.00. The van der Waals surface area contributed by atoms with Crippen molar-refractivity contribution in [3.05, 3.63) is 127 Å². The van der Waals surface area contributed by atoms with Gasteiger partial charge < -0.3 is 28.0 Å². The van der Waals surface area contributed by atoms with Crippen LogP contribution in [0.2, 0.25) is 0 Å². The van der Waals surface area contributed by atoms with E-state index in [2.05, 4.69) is 178 Å². The third-order valence-electron chi connectivity index (χ3n) is 12.6. The second kappa shape index (κ2) is 12.0. The van der Waals surface area contributed by atoms with Gasteiger partial charge in [-0.3, -0.25) is 0 Å². The number of rotatable bonds is 5. The van der Waals surface area contributed by atoms with Gasteiger partial charge in [0.05, 0.1) is 21.8 Å². The number of nitrogens with zero attached hydrogens (tertiary/aromatic N) is 3. The summed E-state index contributed by atoms with van der Waals surface area (Å²) in [5.74, 6) is 0. The lowest BCUT2D eigenvalue weighted by Crippen LogP contribution is -2.63. The molecule has 7 aromatic carbocycles. The van der Waals surface area contributed by atoms with Crippen molar-refractivity contribution in [2.24, 2.45) is 0 Å². The van der Waals surface area contributed by atoms with Crippen molar-refractivity contribution < 1.29 is 13.3 Å². The summed E-state index contributed by atoms with van der Waals surface area (Å²) in [5, 5.41) is 6.86. The first kappa shape index (κ1) is 33.5. The van der Waals surface area contributed by atoms with Crippen LogP contribution in [0.3, 0.4) is 0 Å². The second-order valence-corrected chi connectivity index (χ2v) is 16.9. The summed E-state index contributed by atoms with van der Waals surface area (Å²) in [7, 11) is 0. The van der Waals surface area contributed by atoms with E-state index in [1.165, 1.54) is 39.1 Å². The number of fused-ring (bicyclic) bond motifs is 15. The van der Waals surface area contributed by atoms with E-state index in [1.807, 2.05) is 6.07 Å². The molecule has 2 aliphatic rings. The van der Waals surface area contributed by atoms with Crippen LogP contribution in [-0.2, 0) is 0 Å². The van der Waals surface area contributed by atoms with E-state index in [4.69, 9.17) is 13.3 Å². The lowest BCUT2D eigenvalue weighted by atomic mass is 9.33. The Labute approximate surface area is 336 Å². The van der Waals surface area contributed by atoms with E-state index in [-0.39, 0.29) is 24.8 Å². The molecule has 0 saturated carbocycles. The van der Waals surface area contributed by atoms with E-state index in [0.717, 1.165) is 77.2 Å². The monoisotopic (exact) mass is 755 g/mol. The number of anilines is 6. The fourth-order valence-electron chi connectivity index (χ4n) is 10.5. The Balaban J connectivity index is 1.24. The van der Waals surface area contributed by atoms with Gasteiger partial charge in [-0.1, -0.05) is 72.8 Å². The molecule has 0 radical (unpaired) electrons. The van der Waals surface area contributed by atoms with E-state index in [9.17, 15) is 0 Å². The molecule has 0 saturated heterocycles. The normalized spacial score (nSPS) is 13.7. The molecule has 10 aromatic rings. The molecule has 3 aromatic heterocycles. The van der Waals surface area contributed by atoms with Gasteiger partial charge in [-0.2, -0.15) is 0 Å². The number of benzene rings is 7. The summed E-state index contributed by atoms with van der Waals surface area (Å²) in [6.07, 6.45) is 0. The first-order valence-electron chi connectivity index (χ1n) is 20.6. The first-order valence-corrected chi connectivity index (χ1v) is 20.6. The van der Waals surface area contributed by atoms with Crippen LogP contribution in [0.15, 0.2) is 141 Å². The van der Waals surface area contributed by atoms with Gasteiger partial charge in [-0.15, -0.1) is 0 Å². The molecule has 12 rings (SSSR count).